The summed E-state index contributed by atoms with van der Waals surface area (Å²) in [5, 5.41) is 0. The number of aromatic nitrogens is 1. The molecule has 200 valence electrons. The number of halogens is 2. The van der Waals surface area contributed by atoms with Crippen LogP contribution in [0.4, 0.5) is 8.78 Å². The normalized spacial score (nSPS) is 18.1. The molecule has 2 aromatic rings. The van der Waals surface area contributed by atoms with Crippen LogP contribution in [-0.2, 0) is 6.54 Å². The number of rotatable bonds is 10. The van der Waals surface area contributed by atoms with Gasteiger partial charge in [0.2, 0.25) is 5.89 Å². The highest BCUT2D eigenvalue weighted by atomic mass is 19.3. The number of ether oxygens (including phenoxy) is 2. The Morgan fingerprint density at radius 1 is 1.25 bits per heavy atom. The first-order valence-corrected chi connectivity index (χ1v) is 12.8. The minimum absolute atomic E-state index is 0.0110. The first kappa shape index (κ1) is 27.9. The number of carbonyl (C=O) groups is 1. The van der Waals surface area contributed by atoms with Crippen molar-refractivity contribution in [2.45, 2.75) is 66.2 Å². The molecular weight excluding hydrogens is 470 g/mol. The maximum atomic E-state index is 13.3. The van der Waals surface area contributed by atoms with E-state index in [1.54, 1.807) is 17.0 Å². The minimum atomic E-state index is -2.97. The first-order valence-electron chi connectivity index (χ1n) is 12.8. The number of amides is 1. The van der Waals surface area contributed by atoms with Crippen molar-refractivity contribution >= 4 is 5.91 Å². The summed E-state index contributed by atoms with van der Waals surface area (Å²) in [6.07, 6.45) is 3.18. The number of hydrogen-bond acceptors (Lipinski definition) is 7. The second kappa shape index (κ2) is 13.0. The van der Waals surface area contributed by atoms with Crippen LogP contribution in [0.3, 0.4) is 0 Å². The Hall–Kier alpha value is -2.72. The number of oxazole rings is 1. The molecule has 1 aromatic carbocycles. The molecule has 2 N–H and O–H groups in total. The van der Waals surface area contributed by atoms with Crippen LogP contribution in [0.15, 0.2) is 22.6 Å². The van der Waals surface area contributed by atoms with Crippen LogP contribution < -0.4 is 15.2 Å². The van der Waals surface area contributed by atoms with Crippen molar-refractivity contribution in [2.24, 2.45) is 11.7 Å². The van der Waals surface area contributed by atoms with E-state index in [0.717, 1.165) is 32.4 Å². The SMILES string of the molecule is CC.CCCN1CCN(C(=O)c2nc(-c3ccc(OC(F)F)c(OCC4CC4)c3)oc2CN)C[C@H]1C. The van der Waals surface area contributed by atoms with E-state index in [4.69, 9.17) is 14.9 Å². The van der Waals surface area contributed by atoms with E-state index in [0.29, 0.717) is 31.2 Å². The van der Waals surface area contributed by atoms with Crippen LogP contribution in [-0.4, -0.2) is 66.1 Å². The maximum absolute atomic E-state index is 13.3. The third-order valence-electron chi connectivity index (χ3n) is 6.23. The fraction of sp³-hybridized carbons (Fsp3) is 0.615. The van der Waals surface area contributed by atoms with Crippen LogP contribution in [0.25, 0.3) is 11.5 Å². The van der Waals surface area contributed by atoms with E-state index in [1.165, 1.54) is 6.07 Å². The summed E-state index contributed by atoms with van der Waals surface area (Å²) in [5.41, 5.74) is 6.52. The van der Waals surface area contributed by atoms with Gasteiger partial charge in [0.25, 0.3) is 5.91 Å². The third-order valence-corrected chi connectivity index (χ3v) is 6.23. The molecule has 0 unspecified atom stereocenters. The Balaban J connectivity index is 0.00000176. The molecule has 10 heteroatoms. The van der Waals surface area contributed by atoms with Crippen molar-refractivity contribution in [1.82, 2.24) is 14.8 Å². The van der Waals surface area contributed by atoms with Crippen LogP contribution in [0.1, 0.15) is 63.2 Å². The van der Waals surface area contributed by atoms with Gasteiger partial charge in [-0.1, -0.05) is 20.8 Å². The Labute approximate surface area is 211 Å². The predicted molar refractivity (Wildman–Crippen MR) is 133 cm³/mol. The molecule has 0 radical (unpaired) electrons. The molecule has 1 amide bonds. The van der Waals surface area contributed by atoms with E-state index >= 15 is 0 Å². The highest BCUT2D eigenvalue weighted by Crippen LogP contribution is 2.36. The maximum Gasteiger partial charge on any atom is 0.387 e. The van der Waals surface area contributed by atoms with Gasteiger partial charge in [-0.25, -0.2) is 4.98 Å². The number of nitrogens with zero attached hydrogens (tertiary/aromatic N) is 3. The van der Waals surface area contributed by atoms with Crippen LogP contribution >= 0.6 is 0 Å². The van der Waals surface area contributed by atoms with Gasteiger partial charge in [-0.15, -0.1) is 0 Å². The lowest BCUT2D eigenvalue weighted by Crippen LogP contribution is -2.53. The molecule has 1 aromatic heterocycles. The zero-order chi connectivity index (χ0) is 26.2. The highest BCUT2D eigenvalue weighted by molar-refractivity contribution is 5.94. The second-order valence-corrected chi connectivity index (χ2v) is 8.93. The summed E-state index contributed by atoms with van der Waals surface area (Å²) >= 11 is 0. The van der Waals surface area contributed by atoms with Gasteiger partial charge < -0.3 is 24.5 Å². The smallest absolute Gasteiger partial charge is 0.387 e. The largest absolute Gasteiger partial charge is 0.489 e. The molecule has 2 fully saturated rings. The van der Waals surface area contributed by atoms with Crippen molar-refractivity contribution in [3.8, 4) is 23.0 Å². The van der Waals surface area contributed by atoms with E-state index < -0.39 is 6.61 Å². The van der Waals surface area contributed by atoms with E-state index in [9.17, 15) is 13.6 Å². The second-order valence-electron chi connectivity index (χ2n) is 8.93. The molecule has 4 rings (SSSR count). The van der Waals surface area contributed by atoms with E-state index in [-0.39, 0.29) is 47.3 Å². The first-order chi connectivity index (χ1) is 17.4. The summed E-state index contributed by atoms with van der Waals surface area (Å²) in [7, 11) is 0. The molecule has 0 bridgehead atoms. The zero-order valence-electron chi connectivity index (χ0n) is 21.6. The summed E-state index contributed by atoms with van der Waals surface area (Å²) in [6, 6.07) is 4.74. The van der Waals surface area contributed by atoms with Crippen molar-refractivity contribution < 1.29 is 27.5 Å². The number of carbonyl (C=O) groups excluding carboxylic acids is 1. The van der Waals surface area contributed by atoms with Crippen LogP contribution in [0.5, 0.6) is 11.5 Å². The van der Waals surface area contributed by atoms with Gasteiger partial charge in [0.1, 0.15) is 0 Å². The molecule has 1 aliphatic carbocycles. The van der Waals surface area contributed by atoms with E-state index in [2.05, 4.69) is 28.5 Å². The Morgan fingerprint density at radius 3 is 2.61 bits per heavy atom. The van der Waals surface area contributed by atoms with Gasteiger partial charge in [-0.3, -0.25) is 9.69 Å². The van der Waals surface area contributed by atoms with Gasteiger partial charge in [0.05, 0.1) is 13.2 Å². The fourth-order valence-electron chi connectivity index (χ4n) is 4.17. The summed E-state index contributed by atoms with van der Waals surface area (Å²) in [5.74, 6) is 0.809. The van der Waals surface area contributed by atoms with Gasteiger partial charge in [0.15, 0.2) is 23.0 Å². The average Bonchev–Trinajstić information content (AvgIpc) is 3.61. The Morgan fingerprint density at radius 2 is 2.00 bits per heavy atom. The van der Waals surface area contributed by atoms with E-state index in [1.807, 2.05) is 13.8 Å². The number of hydrogen-bond donors (Lipinski definition) is 1. The van der Waals surface area contributed by atoms with Crippen LogP contribution in [0, 0.1) is 5.92 Å². The molecule has 1 atom stereocenters. The number of nitrogens with two attached hydrogens (primary N) is 1. The predicted octanol–water partition coefficient (Wildman–Crippen LogP) is 4.77. The summed E-state index contributed by atoms with van der Waals surface area (Å²) in [6.45, 7) is 8.73. The molecule has 1 saturated carbocycles. The molecule has 36 heavy (non-hydrogen) atoms. The number of piperazine rings is 1. The van der Waals surface area contributed by atoms with Crippen molar-refractivity contribution in [2.75, 3.05) is 32.8 Å². The van der Waals surface area contributed by atoms with Crippen molar-refractivity contribution in [1.29, 1.82) is 0 Å². The standard InChI is InChI=1S/C24H32F2N4O4.C2H6/c1-3-8-29-9-10-30(13-15(29)2)23(31)21-20(12-27)33-22(28-21)17-6-7-18(34-24(25)26)19(11-17)32-14-16-4-5-16;1-2/h6-7,11,15-16,24H,3-5,8-10,12-14,27H2,1-2H3;1-2H3/t15-;/m1./s1. The topological polar surface area (TPSA) is 94.1 Å². The molecule has 1 saturated heterocycles. The van der Waals surface area contributed by atoms with Gasteiger partial charge in [-0.2, -0.15) is 8.78 Å². The van der Waals surface area contributed by atoms with Crippen molar-refractivity contribution in [3.63, 3.8) is 0 Å². The lowest BCUT2D eigenvalue weighted by Gasteiger charge is -2.39. The van der Waals surface area contributed by atoms with Gasteiger partial charge >= 0.3 is 6.61 Å². The Bertz CT molecular complexity index is 996. The average molecular weight is 509 g/mol. The number of alkyl halides is 2. The molecule has 0 spiro atoms. The minimum Gasteiger partial charge on any atom is -0.489 e. The molecular formula is C26H38F2N4O4. The molecule has 2 heterocycles. The Kier molecular flexibility index (Phi) is 10.1. The quantitative estimate of drug-likeness (QED) is 0.494. The molecule has 2 aliphatic rings. The summed E-state index contributed by atoms with van der Waals surface area (Å²) < 4.78 is 41.8. The number of benzene rings is 1. The monoisotopic (exact) mass is 508 g/mol. The molecule has 8 nitrogen and oxygen atoms in total. The third kappa shape index (κ3) is 6.94. The fourth-order valence-corrected chi connectivity index (χ4v) is 4.17. The van der Waals surface area contributed by atoms with Gasteiger partial charge in [0, 0.05) is 31.2 Å². The lowest BCUT2D eigenvalue weighted by molar-refractivity contribution is -0.0515. The van der Waals surface area contributed by atoms with Crippen LogP contribution in [0.2, 0.25) is 0 Å². The molecule has 1 aliphatic heterocycles. The summed E-state index contributed by atoms with van der Waals surface area (Å²) in [4.78, 5) is 21.9. The van der Waals surface area contributed by atoms with Gasteiger partial charge in [-0.05, 0) is 56.8 Å². The lowest BCUT2D eigenvalue weighted by atomic mass is 10.1. The van der Waals surface area contributed by atoms with Crippen molar-refractivity contribution in [3.05, 3.63) is 29.7 Å². The zero-order valence-corrected chi connectivity index (χ0v) is 21.6. The highest BCUT2D eigenvalue weighted by Gasteiger charge is 2.31.